The number of pyridine rings is 1. The molecule has 0 unspecified atom stereocenters. The Kier molecular flexibility index (Phi) is 7.60. The number of aryl methyl sites for hydroxylation is 1. The average Bonchev–Trinajstić information content (AvgIpc) is 3.72. The first-order chi connectivity index (χ1) is 20.2. The Balaban J connectivity index is 1.37. The van der Waals surface area contributed by atoms with E-state index in [-0.39, 0.29) is 31.0 Å². The number of nitrogens with zero attached hydrogens (tertiary/aromatic N) is 5. The summed E-state index contributed by atoms with van der Waals surface area (Å²) in [5.41, 5.74) is 2.74. The van der Waals surface area contributed by atoms with Crippen LogP contribution in [0.3, 0.4) is 0 Å². The zero-order valence-electron chi connectivity index (χ0n) is 22.8. The Hall–Kier alpha value is -4.01. The standard InChI is InChI=1S/C28H29F2N7O4S/c1-13-20(25-35-22-19(42-25)8-10-31-21(22)14-6-7-14)24(34-18-9-11-37(28(40)41-2)26(39)23(18)38)36-27(33-13)32-12-15-16(29)4-3-5-17(15)30/h3-5,8,10,14,18,23,26,38-39H,6-7,9,11-12H2,1-2H3,(H2,32,33,34,36)/t18-,23+,26+/m1/s1. The zero-order chi connectivity index (χ0) is 29.5. The molecule has 1 amide bonds. The van der Waals surface area contributed by atoms with E-state index in [2.05, 4.69) is 25.6 Å². The second-order valence-corrected chi connectivity index (χ2v) is 11.4. The first-order valence-corrected chi connectivity index (χ1v) is 14.3. The number of ether oxygens (including phenoxy) is 1. The molecule has 1 aliphatic carbocycles. The molecule has 2 fully saturated rings. The number of carbonyl (C=O) groups is 1. The minimum atomic E-state index is -1.51. The van der Waals surface area contributed by atoms with Crippen molar-refractivity contribution in [3.8, 4) is 10.6 Å². The van der Waals surface area contributed by atoms with E-state index in [9.17, 15) is 23.8 Å². The molecular weight excluding hydrogens is 568 g/mol. The number of methoxy groups -OCH3 is 1. The van der Waals surface area contributed by atoms with Crippen LogP contribution in [0, 0.1) is 18.6 Å². The molecular formula is C28H29F2N7O4S. The van der Waals surface area contributed by atoms with E-state index in [1.165, 1.54) is 36.6 Å². The number of likely N-dealkylation sites (tertiary alicyclic amines) is 1. The van der Waals surface area contributed by atoms with Crippen molar-refractivity contribution in [3.63, 3.8) is 0 Å². The van der Waals surface area contributed by atoms with E-state index in [4.69, 9.17) is 9.72 Å². The van der Waals surface area contributed by atoms with Crippen LogP contribution >= 0.6 is 11.3 Å². The number of piperidine rings is 1. The number of hydrogen-bond donors (Lipinski definition) is 4. The molecule has 0 bridgehead atoms. The Labute approximate surface area is 243 Å². The largest absolute Gasteiger partial charge is 0.453 e. The molecule has 1 aliphatic heterocycles. The summed E-state index contributed by atoms with van der Waals surface area (Å²) in [6.07, 6.45) is 0.566. The minimum Gasteiger partial charge on any atom is -0.453 e. The van der Waals surface area contributed by atoms with Crippen LogP contribution in [0.1, 0.15) is 42.1 Å². The van der Waals surface area contributed by atoms with Crippen molar-refractivity contribution in [1.82, 2.24) is 24.8 Å². The lowest BCUT2D eigenvalue weighted by Crippen LogP contribution is -2.58. The fourth-order valence-electron chi connectivity index (χ4n) is 5.14. The van der Waals surface area contributed by atoms with E-state index in [0.717, 1.165) is 33.7 Å². The number of aliphatic hydroxyl groups is 2. The summed E-state index contributed by atoms with van der Waals surface area (Å²) in [6, 6.07) is 4.84. The number of rotatable bonds is 7. The summed E-state index contributed by atoms with van der Waals surface area (Å²) >= 11 is 1.46. The van der Waals surface area contributed by atoms with Gasteiger partial charge in [-0.25, -0.2) is 23.5 Å². The Morgan fingerprint density at radius 2 is 1.90 bits per heavy atom. The average molecular weight is 598 g/mol. The normalized spacial score (nSPS) is 20.5. The maximum atomic E-state index is 14.3. The second-order valence-electron chi connectivity index (χ2n) is 10.4. The number of anilines is 2. The van der Waals surface area contributed by atoms with E-state index >= 15 is 0 Å². The Morgan fingerprint density at radius 1 is 1.14 bits per heavy atom. The maximum Gasteiger partial charge on any atom is 0.411 e. The van der Waals surface area contributed by atoms with Crippen LogP contribution in [-0.2, 0) is 11.3 Å². The molecule has 3 aromatic heterocycles. The van der Waals surface area contributed by atoms with Crippen molar-refractivity contribution in [2.45, 2.75) is 57.0 Å². The van der Waals surface area contributed by atoms with Crippen LogP contribution in [-0.4, -0.2) is 73.2 Å². The molecule has 220 valence electrons. The molecule has 3 atom stereocenters. The number of amides is 1. The molecule has 4 aromatic rings. The minimum absolute atomic E-state index is 0.102. The number of aliphatic hydroxyl groups excluding tert-OH is 2. The number of benzene rings is 1. The van der Waals surface area contributed by atoms with E-state index in [1.54, 1.807) is 13.1 Å². The molecule has 14 heteroatoms. The Bertz CT molecular complexity index is 1630. The molecule has 1 saturated heterocycles. The van der Waals surface area contributed by atoms with Crippen molar-refractivity contribution < 1.29 is 28.5 Å². The molecule has 4 N–H and O–H groups in total. The van der Waals surface area contributed by atoms with Gasteiger partial charge in [-0.15, -0.1) is 11.3 Å². The molecule has 11 nitrogen and oxygen atoms in total. The predicted molar refractivity (Wildman–Crippen MR) is 152 cm³/mol. The highest BCUT2D eigenvalue weighted by molar-refractivity contribution is 7.21. The van der Waals surface area contributed by atoms with Gasteiger partial charge in [0.2, 0.25) is 5.95 Å². The van der Waals surface area contributed by atoms with Gasteiger partial charge in [0.25, 0.3) is 0 Å². The number of thiazole rings is 1. The molecule has 0 spiro atoms. The summed E-state index contributed by atoms with van der Waals surface area (Å²) in [5.74, 6) is -0.594. The van der Waals surface area contributed by atoms with Crippen LogP contribution in [0.2, 0.25) is 0 Å². The third-order valence-electron chi connectivity index (χ3n) is 7.54. The van der Waals surface area contributed by atoms with Gasteiger partial charge in [0.1, 0.15) is 34.1 Å². The number of aromatic nitrogens is 4. The summed E-state index contributed by atoms with van der Waals surface area (Å²) in [6.45, 7) is 1.69. The molecule has 1 aromatic carbocycles. The molecule has 4 heterocycles. The summed E-state index contributed by atoms with van der Waals surface area (Å²) in [5, 5.41) is 28.3. The third kappa shape index (κ3) is 5.32. The van der Waals surface area contributed by atoms with Gasteiger partial charge in [0.15, 0.2) is 6.23 Å². The van der Waals surface area contributed by atoms with Crippen molar-refractivity contribution >= 4 is 39.4 Å². The summed E-state index contributed by atoms with van der Waals surface area (Å²) in [7, 11) is 1.20. The van der Waals surface area contributed by atoms with Crippen molar-refractivity contribution in [2.24, 2.45) is 0 Å². The zero-order valence-corrected chi connectivity index (χ0v) is 23.7. The first-order valence-electron chi connectivity index (χ1n) is 13.5. The highest BCUT2D eigenvalue weighted by Gasteiger charge is 2.39. The second kappa shape index (κ2) is 11.3. The van der Waals surface area contributed by atoms with Gasteiger partial charge in [-0.05, 0) is 44.4 Å². The maximum absolute atomic E-state index is 14.3. The summed E-state index contributed by atoms with van der Waals surface area (Å²) in [4.78, 5) is 31.8. The van der Waals surface area contributed by atoms with Crippen LogP contribution in [0.4, 0.5) is 25.3 Å². The molecule has 6 rings (SSSR count). The van der Waals surface area contributed by atoms with E-state index in [0.29, 0.717) is 28.0 Å². The number of nitrogens with one attached hydrogen (secondary N) is 2. The van der Waals surface area contributed by atoms with Gasteiger partial charge in [-0.3, -0.25) is 9.88 Å². The van der Waals surface area contributed by atoms with Crippen molar-refractivity contribution in [3.05, 3.63) is 59.0 Å². The molecule has 42 heavy (non-hydrogen) atoms. The SMILES string of the molecule is COC(=O)N1CC[C@@H](Nc2nc(NCc3c(F)cccc3F)nc(C)c2-c2nc3c(C4CC4)nccc3s2)[C@H](O)[C@@H]1O. The van der Waals surface area contributed by atoms with Gasteiger partial charge in [0, 0.05) is 30.8 Å². The van der Waals surface area contributed by atoms with Gasteiger partial charge in [0.05, 0.1) is 34.8 Å². The van der Waals surface area contributed by atoms with Crippen LogP contribution in [0.25, 0.3) is 20.8 Å². The molecule has 1 saturated carbocycles. The monoisotopic (exact) mass is 597 g/mol. The fraction of sp³-hybridized carbons (Fsp3) is 0.393. The first kappa shape index (κ1) is 28.1. The highest BCUT2D eigenvalue weighted by atomic mass is 32.1. The number of carbonyl (C=O) groups excluding carboxylic acids is 1. The van der Waals surface area contributed by atoms with Crippen LogP contribution in [0.5, 0.6) is 0 Å². The lowest BCUT2D eigenvalue weighted by molar-refractivity contribution is -0.100. The fourth-order valence-corrected chi connectivity index (χ4v) is 6.21. The predicted octanol–water partition coefficient (Wildman–Crippen LogP) is 4.16. The van der Waals surface area contributed by atoms with Crippen LogP contribution < -0.4 is 10.6 Å². The van der Waals surface area contributed by atoms with Gasteiger partial charge < -0.3 is 25.6 Å². The number of fused-ring (bicyclic) bond motifs is 1. The van der Waals surface area contributed by atoms with Crippen molar-refractivity contribution in [1.29, 1.82) is 0 Å². The van der Waals surface area contributed by atoms with Gasteiger partial charge >= 0.3 is 6.09 Å². The quantitative estimate of drug-likeness (QED) is 0.245. The number of hydrogen-bond acceptors (Lipinski definition) is 11. The van der Waals surface area contributed by atoms with Gasteiger partial charge in [-0.1, -0.05) is 6.07 Å². The lowest BCUT2D eigenvalue weighted by atomic mass is 10.00. The topological polar surface area (TPSA) is 146 Å². The number of halogens is 2. The molecule has 2 aliphatic rings. The summed E-state index contributed by atoms with van der Waals surface area (Å²) < 4.78 is 34.2. The van der Waals surface area contributed by atoms with Crippen LogP contribution in [0.15, 0.2) is 30.5 Å². The highest BCUT2D eigenvalue weighted by Crippen LogP contribution is 2.44. The van der Waals surface area contributed by atoms with E-state index in [1.807, 2.05) is 6.07 Å². The lowest BCUT2D eigenvalue weighted by Gasteiger charge is -2.39. The van der Waals surface area contributed by atoms with E-state index < -0.39 is 36.1 Å². The van der Waals surface area contributed by atoms with Gasteiger partial charge in [-0.2, -0.15) is 4.98 Å². The smallest absolute Gasteiger partial charge is 0.411 e. The molecule has 0 radical (unpaired) electrons. The van der Waals surface area contributed by atoms with Crippen molar-refractivity contribution in [2.75, 3.05) is 24.3 Å². The third-order valence-corrected chi connectivity index (χ3v) is 8.58. The Morgan fingerprint density at radius 3 is 2.62 bits per heavy atom.